The smallest absolute Gasteiger partial charge is 0.251 e. The van der Waals surface area contributed by atoms with Gasteiger partial charge in [0.1, 0.15) is 11.8 Å². The lowest BCUT2D eigenvalue weighted by molar-refractivity contribution is -0.139. The van der Waals surface area contributed by atoms with E-state index in [0.717, 1.165) is 5.69 Å². The van der Waals surface area contributed by atoms with Gasteiger partial charge in [-0.3, -0.25) is 14.4 Å². The van der Waals surface area contributed by atoms with Crippen LogP contribution in [0.5, 0.6) is 5.75 Å². The maximum Gasteiger partial charge on any atom is 0.251 e. The summed E-state index contributed by atoms with van der Waals surface area (Å²) in [7, 11) is 1.58. The second-order valence-corrected chi connectivity index (χ2v) is 13.5. The van der Waals surface area contributed by atoms with Gasteiger partial charge in [-0.25, -0.2) is 0 Å². The van der Waals surface area contributed by atoms with E-state index in [9.17, 15) is 19.5 Å². The molecule has 2 aromatic carbocycles. The van der Waals surface area contributed by atoms with Crippen molar-refractivity contribution in [2.75, 3.05) is 43.2 Å². The normalized spacial score (nSPS) is 27.5. The Labute approximate surface area is 259 Å². The number of amides is 3. The summed E-state index contributed by atoms with van der Waals surface area (Å²) in [6.07, 6.45) is 4.26. The SMILES string of the molecule is C=CCN(C(=O)C1N(CCCO)C(=O)[C@@H]2[C@@H](C(=O)N(CC=C)c3ccccc3)[C@@H]3SC12CC3Br)c1ccc(OC)cc1. The number of likely N-dealkylation sites (tertiary alicyclic amines) is 1. The predicted octanol–water partition coefficient (Wildman–Crippen LogP) is 4.28. The zero-order valence-corrected chi connectivity index (χ0v) is 26.0. The van der Waals surface area contributed by atoms with Crippen LogP contribution in [0.4, 0.5) is 11.4 Å². The van der Waals surface area contributed by atoms with Crippen molar-refractivity contribution < 1.29 is 24.2 Å². The summed E-state index contributed by atoms with van der Waals surface area (Å²) in [5, 5.41) is 9.52. The Hall–Kier alpha value is -3.08. The number of hydrogen-bond donors (Lipinski definition) is 1. The lowest BCUT2D eigenvalue weighted by Crippen LogP contribution is -2.56. The molecule has 8 nitrogen and oxygen atoms in total. The molecule has 3 aliphatic heterocycles. The molecule has 222 valence electrons. The monoisotopic (exact) mass is 653 g/mol. The number of para-hydroxylation sites is 1. The molecule has 42 heavy (non-hydrogen) atoms. The van der Waals surface area contributed by atoms with Gasteiger partial charge in [-0.2, -0.15) is 0 Å². The molecule has 5 rings (SSSR count). The zero-order chi connectivity index (χ0) is 30.0. The van der Waals surface area contributed by atoms with Crippen molar-refractivity contribution in [1.82, 2.24) is 4.90 Å². The van der Waals surface area contributed by atoms with Gasteiger partial charge in [-0.15, -0.1) is 24.9 Å². The van der Waals surface area contributed by atoms with Gasteiger partial charge in [-0.1, -0.05) is 46.3 Å². The second kappa shape index (κ2) is 12.7. The number of alkyl halides is 1. The van der Waals surface area contributed by atoms with E-state index >= 15 is 0 Å². The zero-order valence-electron chi connectivity index (χ0n) is 23.6. The number of ether oxygens (including phenoxy) is 1. The topological polar surface area (TPSA) is 90.4 Å². The van der Waals surface area contributed by atoms with Crippen molar-refractivity contribution in [1.29, 1.82) is 0 Å². The number of methoxy groups -OCH3 is 1. The van der Waals surface area contributed by atoms with Gasteiger partial charge in [-0.05, 0) is 49.2 Å². The third-order valence-corrected chi connectivity index (χ3v) is 11.7. The van der Waals surface area contributed by atoms with E-state index in [-0.39, 0.29) is 47.5 Å². The largest absolute Gasteiger partial charge is 0.497 e. The molecule has 3 unspecified atom stereocenters. The van der Waals surface area contributed by atoms with Crippen molar-refractivity contribution in [2.45, 2.75) is 33.7 Å². The minimum Gasteiger partial charge on any atom is -0.497 e. The highest BCUT2D eigenvalue weighted by atomic mass is 79.9. The lowest BCUT2D eigenvalue weighted by Gasteiger charge is -2.38. The molecule has 0 aliphatic carbocycles. The molecule has 2 aromatic rings. The fourth-order valence-corrected chi connectivity index (χ4v) is 10.4. The Kier molecular flexibility index (Phi) is 9.15. The van der Waals surface area contributed by atoms with Crippen LogP contribution in [-0.2, 0) is 14.4 Å². The molecule has 1 spiro atoms. The fourth-order valence-electron chi connectivity index (χ4n) is 6.77. The first-order chi connectivity index (χ1) is 20.3. The standard InChI is InChI=1S/C32H36BrN3O5S/c1-4-16-34(21-10-7-6-8-11-21)29(38)25-26-30(39)36(18-9-19-37)28(32(26)20-24(33)27(25)42-32)31(40)35(17-5-2)22-12-14-23(41-3)15-13-22/h4-8,10-15,24-28,37H,1-2,9,16-20H2,3H3/t24?,25-,26+,27-,28?,32?/m1/s1. The lowest BCUT2D eigenvalue weighted by atomic mass is 9.70. The van der Waals surface area contributed by atoms with Crippen molar-refractivity contribution in [3.05, 3.63) is 79.9 Å². The second-order valence-electron chi connectivity index (χ2n) is 10.8. The minimum atomic E-state index is -0.805. The number of carbonyl (C=O) groups excluding carboxylic acids is 3. The number of benzene rings is 2. The highest BCUT2D eigenvalue weighted by Gasteiger charge is 2.76. The number of hydrogen-bond acceptors (Lipinski definition) is 6. The van der Waals surface area contributed by atoms with Crippen molar-refractivity contribution in [3.8, 4) is 5.75 Å². The van der Waals surface area contributed by atoms with E-state index in [2.05, 4.69) is 29.1 Å². The highest BCUT2D eigenvalue weighted by Crippen LogP contribution is 2.68. The predicted molar refractivity (Wildman–Crippen MR) is 170 cm³/mol. The van der Waals surface area contributed by atoms with Crippen molar-refractivity contribution in [3.63, 3.8) is 0 Å². The molecule has 0 saturated carbocycles. The minimum absolute atomic E-state index is 0.0520. The molecule has 3 fully saturated rings. The summed E-state index contributed by atoms with van der Waals surface area (Å²) in [4.78, 5) is 48.3. The molecule has 10 heteroatoms. The van der Waals surface area contributed by atoms with Crippen LogP contribution < -0.4 is 14.5 Å². The van der Waals surface area contributed by atoms with Gasteiger partial charge in [0.15, 0.2) is 0 Å². The maximum atomic E-state index is 14.6. The molecule has 3 saturated heterocycles. The Bertz CT molecular complexity index is 1340. The average Bonchev–Trinajstić information content (AvgIpc) is 3.60. The molecular weight excluding hydrogens is 618 g/mol. The van der Waals surface area contributed by atoms with Crippen LogP contribution in [0.3, 0.4) is 0 Å². The van der Waals surface area contributed by atoms with Gasteiger partial charge in [0, 0.05) is 47.7 Å². The number of aliphatic hydroxyl groups is 1. The first-order valence-electron chi connectivity index (χ1n) is 14.1. The molecule has 2 bridgehead atoms. The van der Waals surface area contributed by atoms with Crippen LogP contribution in [0, 0.1) is 11.8 Å². The van der Waals surface area contributed by atoms with Crippen LogP contribution in [0.1, 0.15) is 12.8 Å². The van der Waals surface area contributed by atoms with Crippen molar-refractivity contribution >= 4 is 56.8 Å². The van der Waals surface area contributed by atoms with E-state index < -0.39 is 22.6 Å². The van der Waals surface area contributed by atoms with Gasteiger partial charge in [0.25, 0.3) is 5.91 Å². The Morgan fingerprint density at radius 2 is 1.69 bits per heavy atom. The highest BCUT2D eigenvalue weighted by molar-refractivity contribution is 9.09. The number of halogens is 1. The van der Waals surface area contributed by atoms with Gasteiger partial charge < -0.3 is 24.5 Å². The number of anilines is 2. The Morgan fingerprint density at radius 1 is 1.07 bits per heavy atom. The van der Waals surface area contributed by atoms with E-state index in [0.29, 0.717) is 30.8 Å². The van der Waals surface area contributed by atoms with Crippen molar-refractivity contribution in [2.24, 2.45) is 11.8 Å². The van der Waals surface area contributed by atoms with Crippen LogP contribution >= 0.6 is 27.7 Å². The first-order valence-corrected chi connectivity index (χ1v) is 15.9. The third kappa shape index (κ3) is 5.07. The Morgan fingerprint density at radius 3 is 2.29 bits per heavy atom. The van der Waals surface area contributed by atoms with E-state index in [1.54, 1.807) is 57.9 Å². The van der Waals surface area contributed by atoms with Crippen LogP contribution in [0.25, 0.3) is 0 Å². The number of carbonyl (C=O) groups is 3. The summed E-state index contributed by atoms with van der Waals surface area (Å²) < 4.78 is 4.50. The maximum absolute atomic E-state index is 14.6. The number of rotatable bonds is 12. The van der Waals surface area contributed by atoms with E-state index in [4.69, 9.17) is 4.74 Å². The van der Waals surface area contributed by atoms with Gasteiger partial charge >= 0.3 is 0 Å². The van der Waals surface area contributed by atoms with E-state index in [1.807, 2.05) is 42.5 Å². The molecule has 3 heterocycles. The number of aliphatic hydroxyl groups excluding tert-OH is 1. The van der Waals surface area contributed by atoms with Gasteiger partial charge in [0.05, 0.1) is 23.7 Å². The van der Waals surface area contributed by atoms with E-state index in [1.165, 1.54) is 0 Å². The number of fused-ring (bicyclic) bond motifs is 1. The summed E-state index contributed by atoms with van der Waals surface area (Å²) >= 11 is 5.44. The molecule has 0 aromatic heterocycles. The molecule has 1 N–H and O–H groups in total. The molecule has 0 radical (unpaired) electrons. The van der Waals surface area contributed by atoms with Crippen LogP contribution in [0.2, 0.25) is 0 Å². The molecule has 3 amide bonds. The summed E-state index contributed by atoms with van der Waals surface area (Å²) in [6, 6.07) is 15.8. The molecular formula is C32H36BrN3O5S. The summed E-state index contributed by atoms with van der Waals surface area (Å²) in [6.45, 7) is 8.40. The van der Waals surface area contributed by atoms with Gasteiger partial charge in [0.2, 0.25) is 11.8 Å². The number of thioether (sulfide) groups is 1. The summed E-state index contributed by atoms with van der Waals surface area (Å²) in [5.41, 5.74) is 1.40. The van der Waals surface area contributed by atoms with Crippen LogP contribution in [0.15, 0.2) is 79.9 Å². The average molecular weight is 655 g/mol. The number of nitrogens with zero attached hydrogens (tertiary/aromatic N) is 3. The Balaban J connectivity index is 1.57. The quantitative estimate of drug-likeness (QED) is 0.272. The molecule has 3 aliphatic rings. The fraction of sp³-hybridized carbons (Fsp3) is 0.406. The van der Waals surface area contributed by atoms with Crippen LogP contribution in [-0.4, -0.2) is 81.9 Å². The molecule has 6 atom stereocenters. The first kappa shape index (κ1) is 30.4. The third-order valence-electron chi connectivity index (χ3n) is 8.47. The summed E-state index contributed by atoms with van der Waals surface area (Å²) in [5.74, 6) is -1.19.